The highest BCUT2D eigenvalue weighted by molar-refractivity contribution is 5.08. The number of hydrogen-bond acceptors (Lipinski definition) is 2. The summed E-state index contributed by atoms with van der Waals surface area (Å²) >= 11 is 0. The summed E-state index contributed by atoms with van der Waals surface area (Å²) in [6.45, 7) is 3.89. The lowest BCUT2D eigenvalue weighted by Crippen LogP contribution is -2.16. The van der Waals surface area contributed by atoms with Crippen molar-refractivity contribution >= 4 is 0 Å². The average molecular weight is 168 g/mol. The van der Waals surface area contributed by atoms with Gasteiger partial charge in [-0.3, -0.25) is 0 Å². The predicted octanol–water partition coefficient (Wildman–Crippen LogP) is 1.67. The Morgan fingerprint density at radius 3 is 2.75 bits per heavy atom. The first kappa shape index (κ1) is 9.13. The molecule has 0 fully saturated rings. The molecular weight excluding hydrogens is 155 g/mol. The van der Waals surface area contributed by atoms with E-state index in [1.807, 2.05) is 7.05 Å². The molecule has 12 heavy (non-hydrogen) atoms. The van der Waals surface area contributed by atoms with Crippen LogP contribution in [0, 0.1) is 5.95 Å². The molecule has 2 nitrogen and oxygen atoms in total. The number of aromatic nitrogens is 1. The lowest BCUT2D eigenvalue weighted by Gasteiger charge is -2.12. The standard InChI is InChI=1S/C9H13FN2/c1-3-12(2)7-8-4-5-9(10)11-6-8/h4-6H,3,7H2,1-2H3. The molecule has 0 bridgehead atoms. The van der Waals surface area contributed by atoms with E-state index in [0.29, 0.717) is 0 Å². The van der Waals surface area contributed by atoms with Crippen molar-refractivity contribution in [2.75, 3.05) is 13.6 Å². The normalized spacial score (nSPS) is 10.7. The molecule has 1 aromatic rings. The summed E-state index contributed by atoms with van der Waals surface area (Å²) in [6, 6.07) is 3.15. The van der Waals surface area contributed by atoms with Gasteiger partial charge in [0.15, 0.2) is 0 Å². The van der Waals surface area contributed by atoms with Gasteiger partial charge in [-0.25, -0.2) is 4.98 Å². The summed E-state index contributed by atoms with van der Waals surface area (Å²) in [5.74, 6) is -0.419. The van der Waals surface area contributed by atoms with Gasteiger partial charge < -0.3 is 4.90 Å². The third-order valence-corrected chi connectivity index (χ3v) is 1.78. The number of halogens is 1. The van der Waals surface area contributed by atoms with Crippen molar-refractivity contribution in [1.82, 2.24) is 9.88 Å². The SMILES string of the molecule is CCN(C)Cc1ccc(F)nc1. The van der Waals surface area contributed by atoms with Gasteiger partial charge in [0.25, 0.3) is 0 Å². The van der Waals surface area contributed by atoms with Crippen molar-refractivity contribution in [3.05, 3.63) is 29.8 Å². The number of pyridine rings is 1. The summed E-state index contributed by atoms with van der Waals surface area (Å²) in [6.07, 6.45) is 1.57. The molecule has 66 valence electrons. The van der Waals surface area contributed by atoms with Gasteiger partial charge in [0, 0.05) is 12.7 Å². The molecule has 0 spiro atoms. The van der Waals surface area contributed by atoms with Gasteiger partial charge in [0.1, 0.15) is 0 Å². The second-order valence-corrected chi connectivity index (χ2v) is 2.82. The Morgan fingerprint density at radius 2 is 2.25 bits per heavy atom. The first-order valence-corrected chi connectivity index (χ1v) is 4.01. The minimum absolute atomic E-state index is 0.419. The smallest absolute Gasteiger partial charge is 0.212 e. The van der Waals surface area contributed by atoms with E-state index in [1.54, 1.807) is 12.3 Å². The summed E-state index contributed by atoms with van der Waals surface area (Å²) in [7, 11) is 2.02. The van der Waals surface area contributed by atoms with Gasteiger partial charge in [0.05, 0.1) is 0 Å². The fourth-order valence-electron chi connectivity index (χ4n) is 0.923. The van der Waals surface area contributed by atoms with Crippen LogP contribution in [0.1, 0.15) is 12.5 Å². The Hall–Kier alpha value is -0.960. The molecule has 0 aliphatic rings. The van der Waals surface area contributed by atoms with Crippen LogP contribution >= 0.6 is 0 Å². The van der Waals surface area contributed by atoms with Crippen LogP contribution in [0.25, 0.3) is 0 Å². The monoisotopic (exact) mass is 168 g/mol. The topological polar surface area (TPSA) is 16.1 Å². The summed E-state index contributed by atoms with van der Waals surface area (Å²) in [5, 5.41) is 0. The van der Waals surface area contributed by atoms with Crippen molar-refractivity contribution in [3.8, 4) is 0 Å². The molecule has 3 heteroatoms. The van der Waals surface area contributed by atoms with Gasteiger partial charge in [-0.05, 0) is 25.2 Å². The van der Waals surface area contributed by atoms with E-state index in [0.717, 1.165) is 18.7 Å². The Bertz CT molecular complexity index is 233. The highest BCUT2D eigenvalue weighted by atomic mass is 19.1. The maximum atomic E-state index is 12.4. The fourth-order valence-corrected chi connectivity index (χ4v) is 0.923. The first-order valence-electron chi connectivity index (χ1n) is 4.01. The molecule has 1 aromatic heterocycles. The first-order chi connectivity index (χ1) is 5.72. The molecule has 0 amide bonds. The molecule has 0 aliphatic carbocycles. The van der Waals surface area contributed by atoms with Crippen LogP contribution in [-0.2, 0) is 6.54 Å². The van der Waals surface area contributed by atoms with E-state index in [-0.39, 0.29) is 0 Å². The van der Waals surface area contributed by atoms with Crippen LogP contribution in [0.3, 0.4) is 0 Å². The van der Waals surface area contributed by atoms with E-state index in [4.69, 9.17) is 0 Å². The highest BCUT2D eigenvalue weighted by Gasteiger charge is 1.97. The van der Waals surface area contributed by atoms with E-state index in [1.165, 1.54) is 6.07 Å². The average Bonchev–Trinajstić information content (AvgIpc) is 2.09. The highest BCUT2D eigenvalue weighted by Crippen LogP contribution is 2.01. The molecule has 0 aliphatic heterocycles. The summed E-state index contributed by atoms with van der Waals surface area (Å²) < 4.78 is 12.4. The molecule has 0 aromatic carbocycles. The molecule has 1 heterocycles. The van der Waals surface area contributed by atoms with Crippen LogP contribution in [0.5, 0.6) is 0 Å². The maximum absolute atomic E-state index is 12.4. The quantitative estimate of drug-likeness (QED) is 0.638. The summed E-state index contributed by atoms with van der Waals surface area (Å²) in [4.78, 5) is 5.71. The molecule has 0 unspecified atom stereocenters. The Kier molecular flexibility index (Phi) is 3.17. The van der Waals surface area contributed by atoms with Crippen LogP contribution in [0.2, 0.25) is 0 Å². The van der Waals surface area contributed by atoms with Gasteiger partial charge in [-0.15, -0.1) is 0 Å². The van der Waals surface area contributed by atoms with Gasteiger partial charge >= 0.3 is 0 Å². The van der Waals surface area contributed by atoms with Gasteiger partial charge in [-0.2, -0.15) is 4.39 Å². The Labute approximate surface area is 72.0 Å². The number of rotatable bonds is 3. The zero-order valence-electron chi connectivity index (χ0n) is 7.42. The zero-order chi connectivity index (χ0) is 8.97. The van der Waals surface area contributed by atoms with Crippen LogP contribution in [-0.4, -0.2) is 23.5 Å². The van der Waals surface area contributed by atoms with E-state index < -0.39 is 5.95 Å². The number of nitrogens with zero attached hydrogens (tertiary/aromatic N) is 2. The minimum Gasteiger partial charge on any atom is -0.302 e. The Morgan fingerprint density at radius 1 is 1.50 bits per heavy atom. The Balaban J connectivity index is 2.58. The molecule has 0 radical (unpaired) electrons. The lowest BCUT2D eigenvalue weighted by molar-refractivity contribution is 0.345. The second-order valence-electron chi connectivity index (χ2n) is 2.82. The number of hydrogen-bond donors (Lipinski definition) is 0. The van der Waals surface area contributed by atoms with Crippen molar-refractivity contribution in [2.24, 2.45) is 0 Å². The van der Waals surface area contributed by atoms with Gasteiger partial charge in [0.2, 0.25) is 5.95 Å². The molecule has 0 atom stereocenters. The molecule has 0 saturated carbocycles. The lowest BCUT2D eigenvalue weighted by atomic mass is 10.3. The van der Waals surface area contributed by atoms with Crippen LogP contribution in [0.15, 0.2) is 18.3 Å². The molecular formula is C9H13FN2. The predicted molar refractivity (Wildman–Crippen MR) is 46.2 cm³/mol. The maximum Gasteiger partial charge on any atom is 0.212 e. The van der Waals surface area contributed by atoms with Crippen molar-refractivity contribution in [3.63, 3.8) is 0 Å². The third kappa shape index (κ3) is 2.58. The summed E-state index contributed by atoms with van der Waals surface area (Å²) in [5.41, 5.74) is 1.04. The molecule has 0 N–H and O–H groups in total. The minimum atomic E-state index is -0.419. The van der Waals surface area contributed by atoms with E-state index >= 15 is 0 Å². The van der Waals surface area contributed by atoms with E-state index in [9.17, 15) is 4.39 Å². The fraction of sp³-hybridized carbons (Fsp3) is 0.444. The van der Waals surface area contributed by atoms with Crippen molar-refractivity contribution in [2.45, 2.75) is 13.5 Å². The molecule has 1 rings (SSSR count). The van der Waals surface area contributed by atoms with Gasteiger partial charge in [-0.1, -0.05) is 13.0 Å². The van der Waals surface area contributed by atoms with Crippen LogP contribution < -0.4 is 0 Å². The second kappa shape index (κ2) is 4.16. The largest absolute Gasteiger partial charge is 0.302 e. The van der Waals surface area contributed by atoms with Crippen molar-refractivity contribution in [1.29, 1.82) is 0 Å². The third-order valence-electron chi connectivity index (χ3n) is 1.78. The van der Waals surface area contributed by atoms with Crippen molar-refractivity contribution < 1.29 is 4.39 Å². The zero-order valence-corrected chi connectivity index (χ0v) is 7.42. The van der Waals surface area contributed by atoms with Crippen LogP contribution in [0.4, 0.5) is 4.39 Å². The molecule has 0 saturated heterocycles. The van der Waals surface area contributed by atoms with E-state index in [2.05, 4.69) is 16.8 Å².